The lowest BCUT2D eigenvalue weighted by Crippen LogP contribution is -2.51. The molecule has 6 heteroatoms. The summed E-state index contributed by atoms with van der Waals surface area (Å²) in [6.45, 7) is 3.71. The van der Waals surface area contributed by atoms with Crippen molar-refractivity contribution >= 4 is 17.6 Å². The highest BCUT2D eigenvalue weighted by atomic mass is 16.5. The van der Waals surface area contributed by atoms with E-state index in [9.17, 15) is 9.59 Å². The van der Waals surface area contributed by atoms with Gasteiger partial charge in [0.05, 0.1) is 5.69 Å². The smallest absolute Gasteiger partial charge is 0.322 e. The number of piperazine rings is 1. The average molecular weight is 339 g/mol. The van der Waals surface area contributed by atoms with Crippen LogP contribution >= 0.6 is 0 Å². The molecule has 2 aromatic carbocycles. The molecule has 1 heterocycles. The van der Waals surface area contributed by atoms with E-state index >= 15 is 0 Å². The van der Waals surface area contributed by atoms with Gasteiger partial charge in [-0.05, 0) is 24.3 Å². The van der Waals surface area contributed by atoms with Crippen LogP contribution in [0.4, 0.5) is 10.5 Å². The van der Waals surface area contributed by atoms with Crippen molar-refractivity contribution in [3.8, 4) is 11.5 Å². The predicted molar refractivity (Wildman–Crippen MR) is 95.8 cm³/mol. The SMILES string of the molecule is CC(=O)N1CCN(C(=O)Nc2ccccc2Oc2ccccc2)CC1. The Labute approximate surface area is 147 Å². The van der Waals surface area contributed by atoms with Crippen molar-refractivity contribution < 1.29 is 14.3 Å². The van der Waals surface area contributed by atoms with Gasteiger partial charge in [0, 0.05) is 33.1 Å². The minimum atomic E-state index is -0.188. The Bertz CT molecular complexity index is 741. The van der Waals surface area contributed by atoms with Crippen molar-refractivity contribution in [2.24, 2.45) is 0 Å². The molecule has 0 unspecified atom stereocenters. The van der Waals surface area contributed by atoms with Gasteiger partial charge in [0.2, 0.25) is 5.91 Å². The summed E-state index contributed by atoms with van der Waals surface area (Å²) in [7, 11) is 0. The standard InChI is InChI=1S/C19H21N3O3/c1-15(23)21-11-13-22(14-12-21)19(24)20-17-9-5-6-10-18(17)25-16-7-3-2-4-8-16/h2-10H,11-14H2,1H3,(H,20,24). The molecule has 130 valence electrons. The highest BCUT2D eigenvalue weighted by Crippen LogP contribution is 2.29. The van der Waals surface area contributed by atoms with E-state index in [0.717, 1.165) is 0 Å². The molecule has 0 spiro atoms. The number of rotatable bonds is 3. The maximum Gasteiger partial charge on any atom is 0.322 e. The van der Waals surface area contributed by atoms with E-state index in [4.69, 9.17) is 4.74 Å². The maximum absolute atomic E-state index is 12.5. The highest BCUT2D eigenvalue weighted by Gasteiger charge is 2.22. The number of benzene rings is 2. The van der Waals surface area contributed by atoms with Gasteiger partial charge in [-0.1, -0.05) is 30.3 Å². The van der Waals surface area contributed by atoms with Gasteiger partial charge in [-0.25, -0.2) is 4.79 Å². The summed E-state index contributed by atoms with van der Waals surface area (Å²) in [6, 6.07) is 16.6. The van der Waals surface area contributed by atoms with Gasteiger partial charge in [-0.3, -0.25) is 4.79 Å². The van der Waals surface area contributed by atoms with Crippen LogP contribution in [0.3, 0.4) is 0 Å². The molecule has 0 aliphatic carbocycles. The molecule has 1 fully saturated rings. The number of urea groups is 1. The Balaban J connectivity index is 1.65. The van der Waals surface area contributed by atoms with Crippen molar-refractivity contribution in [1.82, 2.24) is 9.80 Å². The van der Waals surface area contributed by atoms with E-state index in [1.807, 2.05) is 54.6 Å². The largest absolute Gasteiger partial charge is 0.455 e. The van der Waals surface area contributed by atoms with E-state index < -0.39 is 0 Å². The second-order valence-corrected chi connectivity index (χ2v) is 5.83. The molecule has 3 amide bonds. The third-order valence-corrected chi connectivity index (χ3v) is 4.11. The van der Waals surface area contributed by atoms with Crippen LogP contribution < -0.4 is 10.1 Å². The molecule has 1 N–H and O–H groups in total. The first-order valence-corrected chi connectivity index (χ1v) is 8.27. The number of hydrogen-bond acceptors (Lipinski definition) is 3. The van der Waals surface area contributed by atoms with Crippen LogP contribution in [0.15, 0.2) is 54.6 Å². The molecule has 1 saturated heterocycles. The van der Waals surface area contributed by atoms with Gasteiger partial charge < -0.3 is 19.9 Å². The molecule has 1 aliphatic heterocycles. The van der Waals surface area contributed by atoms with Crippen molar-refractivity contribution in [1.29, 1.82) is 0 Å². The number of anilines is 1. The summed E-state index contributed by atoms with van der Waals surface area (Å²) >= 11 is 0. The van der Waals surface area contributed by atoms with E-state index in [0.29, 0.717) is 43.4 Å². The summed E-state index contributed by atoms with van der Waals surface area (Å²) in [4.78, 5) is 27.3. The Morgan fingerprint density at radius 3 is 2.16 bits per heavy atom. The number of para-hydroxylation sites is 3. The molecule has 3 rings (SSSR count). The average Bonchev–Trinajstić information content (AvgIpc) is 2.64. The Kier molecular flexibility index (Phi) is 5.18. The number of amides is 3. The molecule has 0 saturated carbocycles. The number of nitrogens with zero attached hydrogens (tertiary/aromatic N) is 2. The van der Waals surface area contributed by atoms with Gasteiger partial charge >= 0.3 is 6.03 Å². The molecule has 6 nitrogen and oxygen atoms in total. The number of hydrogen-bond donors (Lipinski definition) is 1. The summed E-state index contributed by atoms with van der Waals surface area (Å²) in [6.07, 6.45) is 0. The van der Waals surface area contributed by atoms with Gasteiger partial charge in [-0.2, -0.15) is 0 Å². The van der Waals surface area contributed by atoms with Gasteiger partial charge in [0.1, 0.15) is 5.75 Å². The minimum Gasteiger partial charge on any atom is -0.455 e. The van der Waals surface area contributed by atoms with E-state index in [-0.39, 0.29) is 11.9 Å². The monoisotopic (exact) mass is 339 g/mol. The number of ether oxygens (including phenoxy) is 1. The summed E-state index contributed by atoms with van der Waals surface area (Å²) in [5, 5.41) is 2.90. The van der Waals surface area contributed by atoms with Crippen LogP contribution in [0.25, 0.3) is 0 Å². The fraction of sp³-hybridized carbons (Fsp3) is 0.263. The molecule has 0 radical (unpaired) electrons. The first-order chi connectivity index (χ1) is 12.1. The molecule has 1 aliphatic rings. The lowest BCUT2D eigenvalue weighted by molar-refractivity contribution is -0.130. The van der Waals surface area contributed by atoms with Crippen molar-refractivity contribution in [3.05, 3.63) is 54.6 Å². The number of carbonyl (C=O) groups excluding carboxylic acids is 2. The van der Waals surface area contributed by atoms with Crippen LogP contribution in [0, 0.1) is 0 Å². The fourth-order valence-electron chi connectivity index (χ4n) is 2.69. The van der Waals surface area contributed by atoms with Crippen LogP contribution in [0.2, 0.25) is 0 Å². The van der Waals surface area contributed by atoms with E-state index in [1.165, 1.54) is 0 Å². The first kappa shape index (κ1) is 16.8. The highest BCUT2D eigenvalue weighted by molar-refractivity contribution is 5.91. The third-order valence-electron chi connectivity index (χ3n) is 4.11. The van der Waals surface area contributed by atoms with Crippen LogP contribution in [-0.4, -0.2) is 47.9 Å². The van der Waals surface area contributed by atoms with Crippen molar-refractivity contribution in [3.63, 3.8) is 0 Å². The zero-order chi connectivity index (χ0) is 17.6. The summed E-state index contributed by atoms with van der Waals surface area (Å²) < 4.78 is 5.86. The molecular weight excluding hydrogens is 318 g/mol. The van der Waals surface area contributed by atoms with Gasteiger partial charge in [-0.15, -0.1) is 0 Å². The quantitative estimate of drug-likeness (QED) is 0.934. The Morgan fingerprint density at radius 2 is 1.48 bits per heavy atom. The lowest BCUT2D eigenvalue weighted by Gasteiger charge is -2.34. The fourth-order valence-corrected chi connectivity index (χ4v) is 2.69. The summed E-state index contributed by atoms with van der Waals surface area (Å²) in [5.74, 6) is 1.34. The molecule has 0 bridgehead atoms. The second kappa shape index (κ2) is 7.70. The second-order valence-electron chi connectivity index (χ2n) is 5.83. The molecule has 25 heavy (non-hydrogen) atoms. The lowest BCUT2D eigenvalue weighted by atomic mass is 10.2. The topological polar surface area (TPSA) is 61.9 Å². The predicted octanol–water partition coefficient (Wildman–Crippen LogP) is 3.17. The Hall–Kier alpha value is -3.02. The Morgan fingerprint density at radius 1 is 0.880 bits per heavy atom. The maximum atomic E-state index is 12.5. The zero-order valence-electron chi connectivity index (χ0n) is 14.1. The molecule has 2 aromatic rings. The molecule has 0 atom stereocenters. The normalized spacial score (nSPS) is 14.1. The van der Waals surface area contributed by atoms with Gasteiger partial charge in [0.15, 0.2) is 5.75 Å². The van der Waals surface area contributed by atoms with Crippen LogP contribution in [-0.2, 0) is 4.79 Å². The van der Waals surface area contributed by atoms with Crippen LogP contribution in [0.1, 0.15) is 6.92 Å². The van der Waals surface area contributed by atoms with Crippen molar-refractivity contribution in [2.75, 3.05) is 31.5 Å². The number of carbonyl (C=O) groups is 2. The summed E-state index contributed by atoms with van der Waals surface area (Å²) in [5.41, 5.74) is 0.616. The first-order valence-electron chi connectivity index (χ1n) is 8.27. The third kappa shape index (κ3) is 4.29. The van der Waals surface area contributed by atoms with E-state index in [2.05, 4.69) is 5.32 Å². The van der Waals surface area contributed by atoms with Crippen molar-refractivity contribution in [2.45, 2.75) is 6.92 Å². The van der Waals surface area contributed by atoms with E-state index in [1.54, 1.807) is 16.7 Å². The zero-order valence-corrected chi connectivity index (χ0v) is 14.1. The molecular formula is C19H21N3O3. The number of nitrogens with one attached hydrogen (secondary N) is 1. The molecule has 0 aromatic heterocycles. The van der Waals surface area contributed by atoms with Gasteiger partial charge in [0.25, 0.3) is 0 Å². The van der Waals surface area contributed by atoms with Crippen LogP contribution in [0.5, 0.6) is 11.5 Å². The minimum absolute atomic E-state index is 0.0432.